The molecule has 0 radical (unpaired) electrons. The summed E-state index contributed by atoms with van der Waals surface area (Å²) in [5.74, 6) is -0.368. The second-order valence-electron chi connectivity index (χ2n) is 14.4. The Morgan fingerprint density at radius 2 is 1.63 bits per heavy atom. The zero-order chi connectivity index (χ0) is 38.1. The highest BCUT2D eigenvalue weighted by Gasteiger charge is 2.41. The third-order valence-corrected chi connectivity index (χ3v) is 10.9. The number of hydrogen-bond donors (Lipinski definition) is 3. The van der Waals surface area contributed by atoms with Gasteiger partial charge in [0.25, 0.3) is 0 Å². The number of likely N-dealkylation sites (tertiary alicyclic amines) is 1. The van der Waals surface area contributed by atoms with E-state index in [0.29, 0.717) is 48.0 Å². The number of ether oxygens (including phenoxy) is 1. The maximum absolute atomic E-state index is 13.5. The Labute approximate surface area is 318 Å². The van der Waals surface area contributed by atoms with Gasteiger partial charge in [0.1, 0.15) is 28.8 Å². The number of amides is 4. The number of imidazole rings is 1. The van der Waals surface area contributed by atoms with Crippen molar-refractivity contribution in [2.24, 2.45) is 5.92 Å². The fourth-order valence-electron chi connectivity index (χ4n) is 7.80. The number of anilines is 1. The van der Waals surface area contributed by atoms with E-state index in [1.54, 1.807) is 21.9 Å². The molecule has 1 fully saturated rings. The normalized spacial score (nSPS) is 18.3. The zero-order valence-electron chi connectivity index (χ0n) is 30.5. The number of para-hydroxylation sites is 1. The van der Waals surface area contributed by atoms with E-state index < -0.39 is 18.2 Å². The Bertz CT molecular complexity index is 2100. The first kappa shape index (κ1) is 36.9. The van der Waals surface area contributed by atoms with Crippen LogP contribution in [0.15, 0.2) is 66.7 Å². The minimum Gasteiger partial charge on any atom is -0.453 e. The van der Waals surface area contributed by atoms with Crippen molar-refractivity contribution in [3.05, 3.63) is 94.4 Å². The molecule has 1 saturated heterocycles. The number of aromatic amines is 1. The molecule has 1 aromatic heterocycles. The molecule has 13 heteroatoms. The van der Waals surface area contributed by atoms with Crippen LogP contribution in [0.3, 0.4) is 0 Å². The first-order valence-corrected chi connectivity index (χ1v) is 18.8. The quantitative estimate of drug-likeness (QED) is 0.167. The molecule has 0 spiro atoms. The van der Waals surface area contributed by atoms with Gasteiger partial charge in [0.05, 0.1) is 25.4 Å². The van der Waals surface area contributed by atoms with Gasteiger partial charge >= 0.3 is 6.09 Å². The van der Waals surface area contributed by atoms with Crippen LogP contribution in [0.25, 0.3) is 22.4 Å². The predicted octanol–water partition coefficient (Wildman–Crippen LogP) is 6.03. The highest BCUT2D eigenvalue weighted by molar-refractivity contribution is 6.32. The summed E-state index contributed by atoms with van der Waals surface area (Å²) < 4.78 is 4.74. The van der Waals surface area contributed by atoms with Gasteiger partial charge in [-0.1, -0.05) is 92.2 Å². The molecule has 4 heterocycles. The van der Waals surface area contributed by atoms with E-state index in [0.717, 1.165) is 52.8 Å². The van der Waals surface area contributed by atoms with E-state index in [9.17, 15) is 24.0 Å². The minimum atomic E-state index is -0.736. The number of halogens is 1. The molecule has 0 unspecified atom stereocenters. The lowest BCUT2D eigenvalue weighted by molar-refractivity contribution is -0.135. The topological polar surface area (TPSA) is 154 Å². The minimum absolute atomic E-state index is 0.0533. The lowest BCUT2D eigenvalue weighted by Crippen LogP contribution is -2.51. The molecule has 0 aliphatic carbocycles. The van der Waals surface area contributed by atoms with Gasteiger partial charge in [-0.3, -0.25) is 24.1 Å². The van der Waals surface area contributed by atoms with Gasteiger partial charge < -0.3 is 25.3 Å². The molecule has 3 aliphatic rings. The van der Waals surface area contributed by atoms with E-state index in [1.165, 1.54) is 7.11 Å². The van der Waals surface area contributed by atoms with Gasteiger partial charge in [-0.15, -0.1) is 0 Å². The highest BCUT2D eigenvalue weighted by Crippen LogP contribution is 2.39. The lowest BCUT2D eigenvalue weighted by atomic mass is 10.0. The largest absolute Gasteiger partial charge is 0.453 e. The van der Waals surface area contributed by atoms with Crippen LogP contribution in [0.2, 0.25) is 5.15 Å². The van der Waals surface area contributed by atoms with Crippen LogP contribution in [0.5, 0.6) is 0 Å². The van der Waals surface area contributed by atoms with Crippen molar-refractivity contribution in [2.75, 3.05) is 25.1 Å². The second kappa shape index (κ2) is 15.5. The molecule has 4 amide bonds. The Morgan fingerprint density at radius 3 is 2.33 bits per heavy atom. The van der Waals surface area contributed by atoms with Gasteiger partial charge in [-0.25, -0.2) is 9.78 Å². The van der Waals surface area contributed by atoms with Crippen molar-refractivity contribution in [1.82, 2.24) is 25.5 Å². The first-order valence-electron chi connectivity index (χ1n) is 18.4. The molecule has 280 valence electrons. The summed E-state index contributed by atoms with van der Waals surface area (Å²) in [6.07, 6.45) is 3.23. The Kier molecular flexibility index (Phi) is 10.6. The Morgan fingerprint density at radius 1 is 0.944 bits per heavy atom. The van der Waals surface area contributed by atoms with E-state index in [4.69, 9.17) is 21.3 Å². The van der Waals surface area contributed by atoms with Crippen molar-refractivity contribution in [3.63, 3.8) is 0 Å². The molecule has 12 nitrogen and oxygen atoms in total. The summed E-state index contributed by atoms with van der Waals surface area (Å²) in [5.41, 5.74) is 6.59. The number of ketones is 1. The van der Waals surface area contributed by atoms with Crippen LogP contribution in [0, 0.1) is 5.92 Å². The number of carbonyl (C=O) groups excluding carboxylic acids is 5. The molecule has 7 rings (SSSR count). The number of alkyl carbamates (subject to hydrolysis) is 1. The molecule has 3 N–H and O–H groups in total. The number of rotatable bonds is 10. The molecule has 3 aliphatic heterocycles. The average Bonchev–Trinajstić information content (AvgIpc) is 3.90. The number of benzene rings is 3. The monoisotopic (exact) mass is 750 g/mol. The summed E-state index contributed by atoms with van der Waals surface area (Å²) in [6.45, 7) is 4.11. The van der Waals surface area contributed by atoms with E-state index in [2.05, 4.69) is 15.6 Å². The first-order chi connectivity index (χ1) is 26.0. The summed E-state index contributed by atoms with van der Waals surface area (Å²) in [5, 5.41) is 5.81. The summed E-state index contributed by atoms with van der Waals surface area (Å²) in [7, 11) is 1.27. The number of Topliss-reactive ketones (excluding diaryl/α,β-unsaturated/α-hetero) is 1. The summed E-state index contributed by atoms with van der Waals surface area (Å²) in [6, 6.07) is 19.2. The highest BCUT2D eigenvalue weighted by atomic mass is 35.5. The van der Waals surface area contributed by atoms with E-state index >= 15 is 0 Å². The molecule has 3 aromatic carbocycles. The van der Waals surface area contributed by atoms with Crippen LogP contribution in [-0.2, 0) is 32.0 Å². The predicted molar refractivity (Wildman–Crippen MR) is 204 cm³/mol. The maximum atomic E-state index is 13.5. The van der Waals surface area contributed by atoms with E-state index in [-0.39, 0.29) is 42.0 Å². The van der Waals surface area contributed by atoms with Crippen LogP contribution < -0.4 is 15.5 Å². The molecule has 3 atom stereocenters. The third kappa shape index (κ3) is 7.22. The number of hydrogen-bond acceptors (Lipinski definition) is 7. The zero-order valence-corrected chi connectivity index (χ0v) is 31.2. The molecular formula is C41H43ClN6O6. The maximum Gasteiger partial charge on any atom is 0.407 e. The lowest BCUT2D eigenvalue weighted by Gasteiger charge is -2.29. The smallest absolute Gasteiger partial charge is 0.407 e. The molecule has 0 bridgehead atoms. The molecular weight excluding hydrogens is 708 g/mol. The fourth-order valence-corrected chi connectivity index (χ4v) is 8.05. The molecule has 0 saturated carbocycles. The van der Waals surface area contributed by atoms with Crippen molar-refractivity contribution in [3.8, 4) is 22.4 Å². The molecule has 54 heavy (non-hydrogen) atoms. The standard InChI is InChI=1S/C41H43ClN6O6/c1-23(2)34(45-41(53)54-3)40(52)47-20-6-10-30(47)38-44-35(37(42)46-38)27-18-14-25(15-19-27)24-12-16-26(17-13-24)32(49)22-43-39(51)31-21-29-9-4-7-28-8-5-11-33(50)48(31)36(28)29/h4,7,9,12-19,23,30-31,34H,5-6,8,10-11,20-22H2,1-3H3,(H,43,51)(H,44,46)(H,45,53)/t30-,31-,34-/m0/s1. The Hall–Kier alpha value is -5.49. The van der Waals surface area contributed by atoms with Crippen molar-refractivity contribution >= 4 is 46.9 Å². The number of carbonyl (C=O) groups is 5. The van der Waals surface area contributed by atoms with Crippen molar-refractivity contribution in [1.29, 1.82) is 0 Å². The fraction of sp³-hybridized carbons (Fsp3) is 0.366. The number of H-pyrrole nitrogens is 1. The van der Waals surface area contributed by atoms with Crippen LogP contribution in [0.4, 0.5) is 10.5 Å². The van der Waals surface area contributed by atoms with Gasteiger partial charge in [-0.05, 0) is 53.9 Å². The summed E-state index contributed by atoms with van der Waals surface area (Å²) in [4.78, 5) is 76.2. The number of nitrogens with one attached hydrogen (secondary N) is 3. The Balaban J connectivity index is 0.979. The van der Waals surface area contributed by atoms with Crippen molar-refractivity contribution < 1.29 is 28.7 Å². The van der Waals surface area contributed by atoms with Gasteiger partial charge in [-0.2, -0.15) is 0 Å². The summed E-state index contributed by atoms with van der Waals surface area (Å²) >= 11 is 6.66. The van der Waals surface area contributed by atoms with Crippen LogP contribution in [0.1, 0.15) is 72.9 Å². The van der Waals surface area contributed by atoms with E-state index in [1.807, 2.05) is 68.4 Å². The molecule has 4 aromatic rings. The third-order valence-electron chi connectivity index (χ3n) is 10.6. The SMILES string of the molecule is COC(=O)N[C@H](C(=O)N1CCC[C@H]1c1nc(-c2ccc(-c3ccc(C(=O)CNC(=O)[C@@H]4Cc5cccc6c5N4C(=O)CCC6)cc3)cc2)c(Cl)[nH]1)C(C)C. The van der Waals surface area contributed by atoms with Crippen LogP contribution >= 0.6 is 11.6 Å². The number of aryl methyl sites for hydroxylation is 1. The number of aromatic nitrogens is 2. The second-order valence-corrected chi connectivity index (χ2v) is 14.8. The average molecular weight is 751 g/mol. The van der Waals surface area contributed by atoms with Crippen molar-refractivity contribution in [2.45, 2.75) is 70.5 Å². The van der Waals surface area contributed by atoms with Crippen LogP contribution in [-0.4, -0.2) is 76.7 Å². The van der Waals surface area contributed by atoms with Gasteiger partial charge in [0.2, 0.25) is 17.7 Å². The van der Waals surface area contributed by atoms with Gasteiger partial charge in [0, 0.05) is 30.5 Å². The van der Waals surface area contributed by atoms with Gasteiger partial charge in [0.15, 0.2) is 5.78 Å². The number of methoxy groups -OCH3 is 1. The number of nitrogens with zero attached hydrogens (tertiary/aromatic N) is 3.